The van der Waals surface area contributed by atoms with Crippen LogP contribution in [0.4, 0.5) is 5.69 Å². The summed E-state index contributed by atoms with van der Waals surface area (Å²) in [7, 11) is 4.62. The summed E-state index contributed by atoms with van der Waals surface area (Å²) in [5, 5.41) is 2.92. The molecule has 0 aliphatic heterocycles. The molecule has 0 aliphatic rings. The first kappa shape index (κ1) is 20.3. The lowest BCUT2D eigenvalue weighted by Gasteiger charge is -2.14. The molecule has 7 nitrogen and oxygen atoms in total. The summed E-state index contributed by atoms with van der Waals surface area (Å²) in [6, 6.07) is 18.5. The maximum atomic E-state index is 12.7. The van der Waals surface area contributed by atoms with Crippen LogP contribution >= 0.6 is 0 Å². The number of anilines is 1. The number of aromatic nitrogens is 1. The number of fused-ring (bicyclic) bond motifs is 1. The number of methoxy groups -OCH3 is 3. The molecule has 0 atom stereocenters. The quantitative estimate of drug-likeness (QED) is 0.468. The SMILES string of the molecule is COc1cc(CC(=O)Nc2cccc(-c3nc4ccccc4o3)c2)cc(OC)c1OC. The minimum atomic E-state index is -0.177. The number of ether oxygens (including phenoxy) is 3. The molecular weight excluding hydrogens is 396 g/mol. The van der Waals surface area contributed by atoms with Gasteiger partial charge in [-0.25, -0.2) is 4.98 Å². The number of hydrogen-bond donors (Lipinski definition) is 1. The van der Waals surface area contributed by atoms with E-state index in [-0.39, 0.29) is 12.3 Å². The smallest absolute Gasteiger partial charge is 0.228 e. The van der Waals surface area contributed by atoms with E-state index in [1.807, 2.05) is 48.5 Å². The van der Waals surface area contributed by atoms with E-state index in [0.29, 0.717) is 34.4 Å². The van der Waals surface area contributed by atoms with Crippen LogP contribution < -0.4 is 19.5 Å². The molecule has 0 bridgehead atoms. The predicted molar refractivity (Wildman–Crippen MR) is 118 cm³/mol. The summed E-state index contributed by atoms with van der Waals surface area (Å²) >= 11 is 0. The van der Waals surface area contributed by atoms with Crippen molar-refractivity contribution in [2.75, 3.05) is 26.6 Å². The number of carbonyl (C=O) groups excluding carboxylic acids is 1. The van der Waals surface area contributed by atoms with Crippen LogP contribution in [0.2, 0.25) is 0 Å². The van der Waals surface area contributed by atoms with Crippen molar-refractivity contribution in [1.29, 1.82) is 0 Å². The van der Waals surface area contributed by atoms with Crippen molar-refractivity contribution in [3.05, 3.63) is 66.2 Å². The molecule has 0 radical (unpaired) electrons. The highest BCUT2D eigenvalue weighted by Crippen LogP contribution is 2.38. The first-order chi connectivity index (χ1) is 15.1. The molecule has 7 heteroatoms. The van der Waals surface area contributed by atoms with Gasteiger partial charge in [0.15, 0.2) is 17.1 Å². The molecule has 0 spiro atoms. The van der Waals surface area contributed by atoms with Crippen molar-refractivity contribution < 1.29 is 23.4 Å². The summed E-state index contributed by atoms with van der Waals surface area (Å²) in [6.45, 7) is 0. The first-order valence-electron chi connectivity index (χ1n) is 9.66. The van der Waals surface area contributed by atoms with E-state index in [1.165, 1.54) is 7.11 Å². The summed E-state index contributed by atoms with van der Waals surface area (Å²) in [6.07, 6.45) is 0.143. The molecule has 3 aromatic carbocycles. The first-order valence-corrected chi connectivity index (χ1v) is 9.66. The Bertz CT molecular complexity index is 1170. The van der Waals surface area contributed by atoms with E-state index in [2.05, 4.69) is 10.3 Å². The lowest BCUT2D eigenvalue weighted by molar-refractivity contribution is -0.115. The Morgan fingerprint density at radius 1 is 0.935 bits per heavy atom. The molecule has 1 heterocycles. The van der Waals surface area contributed by atoms with E-state index in [4.69, 9.17) is 18.6 Å². The van der Waals surface area contributed by atoms with Gasteiger partial charge in [0.1, 0.15) is 5.52 Å². The zero-order chi connectivity index (χ0) is 21.8. The third-order valence-electron chi connectivity index (χ3n) is 4.78. The van der Waals surface area contributed by atoms with Crippen molar-refractivity contribution in [2.24, 2.45) is 0 Å². The fraction of sp³-hybridized carbons (Fsp3) is 0.167. The van der Waals surface area contributed by atoms with Gasteiger partial charge >= 0.3 is 0 Å². The maximum Gasteiger partial charge on any atom is 0.228 e. The van der Waals surface area contributed by atoms with Gasteiger partial charge in [0.2, 0.25) is 17.5 Å². The predicted octanol–water partition coefficient (Wildman–Crippen LogP) is 4.70. The molecule has 0 aliphatic carbocycles. The number of nitrogens with zero attached hydrogens (tertiary/aromatic N) is 1. The van der Waals surface area contributed by atoms with Crippen LogP contribution in [0.1, 0.15) is 5.56 Å². The van der Waals surface area contributed by atoms with E-state index >= 15 is 0 Å². The van der Waals surface area contributed by atoms with Crippen LogP contribution in [0.15, 0.2) is 65.1 Å². The second-order valence-electron chi connectivity index (χ2n) is 6.83. The van der Waals surface area contributed by atoms with Gasteiger partial charge in [-0.2, -0.15) is 0 Å². The number of rotatable bonds is 7. The lowest BCUT2D eigenvalue weighted by atomic mass is 10.1. The molecule has 158 valence electrons. The number of para-hydroxylation sites is 2. The van der Waals surface area contributed by atoms with Crippen molar-refractivity contribution in [1.82, 2.24) is 4.98 Å². The van der Waals surface area contributed by atoms with Gasteiger partial charge in [-0.05, 0) is 48.0 Å². The van der Waals surface area contributed by atoms with Crippen LogP contribution in [0.5, 0.6) is 17.2 Å². The summed E-state index contributed by atoms with van der Waals surface area (Å²) < 4.78 is 21.9. The van der Waals surface area contributed by atoms with Crippen molar-refractivity contribution in [3.63, 3.8) is 0 Å². The minimum Gasteiger partial charge on any atom is -0.493 e. The van der Waals surface area contributed by atoms with Gasteiger partial charge in [0, 0.05) is 11.3 Å². The van der Waals surface area contributed by atoms with Crippen molar-refractivity contribution in [3.8, 4) is 28.7 Å². The normalized spacial score (nSPS) is 10.7. The molecule has 0 saturated heterocycles. The highest BCUT2D eigenvalue weighted by atomic mass is 16.5. The van der Waals surface area contributed by atoms with E-state index in [9.17, 15) is 4.79 Å². The number of benzene rings is 3. The van der Waals surface area contributed by atoms with Crippen LogP contribution in [0, 0.1) is 0 Å². The summed E-state index contributed by atoms with van der Waals surface area (Å²) in [4.78, 5) is 17.2. The van der Waals surface area contributed by atoms with E-state index in [1.54, 1.807) is 26.4 Å². The van der Waals surface area contributed by atoms with Gasteiger partial charge < -0.3 is 23.9 Å². The van der Waals surface area contributed by atoms with Gasteiger partial charge in [0.25, 0.3) is 0 Å². The highest BCUT2D eigenvalue weighted by molar-refractivity contribution is 5.93. The number of nitrogens with one attached hydrogen (secondary N) is 1. The molecule has 1 aromatic heterocycles. The zero-order valence-electron chi connectivity index (χ0n) is 17.5. The second kappa shape index (κ2) is 8.79. The Hall–Kier alpha value is -4.00. The molecule has 1 amide bonds. The fourth-order valence-corrected chi connectivity index (χ4v) is 3.35. The number of hydrogen-bond acceptors (Lipinski definition) is 6. The Kier molecular flexibility index (Phi) is 5.75. The van der Waals surface area contributed by atoms with Gasteiger partial charge in [0.05, 0.1) is 27.8 Å². The standard InChI is InChI=1S/C24H22N2O5/c1-28-20-11-15(12-21(29-2)23(20)30-3)13-22(27)25-17-8-6-7-16(14-17)24-26-18-9-4-5-10-19(18)31-24/h4-12,14H,13H2,1-3H3,(H,25,27). The maximum absolute atomic E-state index is 12.7. The number of oxazole rings is 1. The molecule has 0 unspecified atom stereocenters. The Morgan fingerprint density at radius 2 is 1.68 bits per heavy atom. The van der Waals surface area contributed by atoms with E-state index in [0.717, 1.165) is 16.6 Å². The second-order valence-corrected chi connectivity index (χ2v) is 6.83. The highest BCUT2D eigenvalue weighted by Gasteiger charge is 2.15. The zero-order valence-corrected chi connectivity index (χ0v) is 17.5. The third-order valence-corrected chi connectivity index (χ3v) is 4.78. The van der Waals surface area contributed by atoms with Gasteiger partial charge in [-0.1, -0.05) is 18.2 Å². The fourth-order valence-electron chi connectivity index (χ4n) is 3.35. The largest absolute Gasteiger partial charge is 0.493 e. The van der Waals surface area contributed by atoms with Crippen LogP contribution in [-0.2, 0) is 11.2 Å². The average Bonchev–Trinajstić information content (AvgIpc) is 3.23. The number of carbonyl (C=O) groups is 1. The third kappa shape index (κ3) is 4.30. The van der Waals surface area contributed by atoms with Crippen molar-refractivity contribution >= 4 is 22.7 Å². The average molecular weight is 418 g/mol. The Balaban J connectivity index is 1.52. The molecule has 4 rings (SSSR count). The molecule has 31 heavy (non-hydrogen) atoms. The molecule has 0 fully saturated rings. The molecule has 1 N–H and O–H groups in total. The summed E-state index contributed by atoms with van der Waals surface area (Å²) in [5.74, 6) is 1.82. The van der Waals surface area contributed by atoms with Gasteiger partial charge in [-0.3, -0.25) is 4.79 Å². The lowest BCUT2D eigenvalue weighted by Crippen LogP contribution is -2.14. The summed E-state index contributed by atoms with van der Waals surface area (Å²) in [5.41, 5.74) is 3.67. The van der Waals surface area contributed by atoms with Crippen LogP contribution in [0.25, 0.3) is 22.6 Å². The van der Waals surface area contributed by atoms with Crippen LogP contribution in [-0.4, -0.2) is 32.2 Å². The molecular formula is C24H22N2O5. The molecule has 0 saturated carbocycles. The number of amides is 1. The van der Waals surface area contributed by atoms with Crippen molar-refractivity contribution in [2.45, 2.75) is 6.42 Å². The minimum absolute atomic E-state index is 0.143. The molecule has 4 aromatic rings. The van der Waals surface area contributed by atoms with E-state index < -0.39 is 0 Å². The Morgan fingerprint density at radius 3 is 2.35 bits per heavy atom. The topological polar surface area (TPSA) is 82.8 Å². The monoisotopic (exact) mass is 418 g/mol. The van der Waals surface area contributed by atoms with Crippen LogP contribution in [0.3, 0.4) is 0 Å². The van der Waals surface area contributed by atoms with Gasteiger partial charge in [-0.15, -0.1) is 0 Å². The Labute approximate surface area is 179 Å².